The lowest BCUT2D eigenvalue weighted by molar-refractivity contribution is 0.0951. The largest absolute Gasteiger partial charge is 0.378 e. The van der Waals surface area contributed by atoms with Crippen LogP contribution in [0.1, 0.15) is 28.8 Å². The van der Waals surface area contributed by atoms with Gasteiger partial charge in [-0.25, -0.2) is 0 Å². The van der Waals surface area contributed by atoms with Crippen molar-refractivity contribution in [2.45, 2.75) is 19.4 Å². The van der Waals surface area contributed by atoms with Gasteiger partial charge in [-0.15, -0.1) is 0 Å². The smallest absolute Gasteiger partial charge is 0.251 e. The van der Waals surface area contributed by atoms with Gasteiger partial charge in [0.1, 0.15) is 0 Å². The van der Waals surface area contributed by atoms with E-state index >= 15 is 0 Å². The third kappa shape index (κ3) is 4.25. The van der Waals surface area contributed by atoms with Crippen LogP contribution in [0.15, 0.2) is 48.5 Å². The van der Waals surface area contributed by atoms with Crippen LogP contribution in [0.4, 0.5) is 11.4 Å². The van der Waals surface area contributed by atoms with E-state index in [2.05, 4.69) is 33.3 Å². The van der Waals surface area contributed by atoms with Crippen LogP contribution in [0, 0.1) is 0 Å². The lowest BCUT2D eigenvalue weighted by Crippen LogP contribution is -2.36. The Morgan fingerprint density at radius 2 is 1.59 bits per heavy atom. The Balaban J connectivity index is 1.38. The average molecular weight is 365 g/mol. The number of hydrogen-bond acceptors (Lipinski definition) is 4. The van der Waals surface area contributed by atoms with Crippen LogP contribution in [0.3, 0.4) is 0 Å². The quantitative estimate of drug-likeness (QED) is 0.885. The Kier molecular flexibility index (Phi) is 5.58. The maximum absolute atomic E-state index is 12.6. The van der Waals surface area contributed by atoms with E-state index < -0.39 is 0 Å². The molecule has 142 valence electrons. The lowest BCUT2D eigenvalue weighted by Gasteiger charge is -2.28. The van der Waals surface area contributed by atoms with E-state index in [0.29, 0.717) is 12.1 Å². The highest BCUT2D eigenvalue weighted by Gasteiger charge is 2.16. The van der Waals surface area contributed by atoms with Gasteiger partial charge in [0.15, 0.2) is 0 Å². The van der Waals surface area contributed by atoms with Crippen molar-refractivity contribution >= 4 is 17.3 Å². The molecule has 2 heterocycles. The molecule has 2 aliphatic heterocycles. The second-order valence-corrected chi connectivity index (χ2v) is 7.15. The third-order valence-corrected chi connectivity index (χ3v) is 5.38. The highest BCUT2D eigenvalue weighted by Crippen LogP contribution is 2.24. The second kappa shape index (κ2) is 8.44. The molecule has 5 heteroatoms. The normalized spacial score (nSPS) is 17.2. The van der Waals surface area contributed by atoms with Crippen LogP contribution in [-0.2, 0) is 11.3 Å². The minimum atomic E-state index is -0.0280. The number of nitrogens with zero attached hydrogens (tertiary/aromatic N) is 2. The Hall–Kier alpha value is -2.53. The van der Waals surface area contributed by atoms with Crippen LogP contribution in [0.25, 0.3) is 0 Å². The summed E-state index contributed by atoms with van der Waals surface area (Å²) in [6, 6.07) is 16.2. The van der Waals surface area contributed by atoms with Gasteiger partial charge in [0, 0.05) is 49.7 Å². The Bertz CT molecular complexity index is 763. The number of nitrogens with one attached hydrogen (secondary N) is 1. The molecule has 0 atom stereocenters. The lowest BCUT2D eigenvalue weighted by atomic mass is 10.1. The van der Waals surface area contributed by atoms with Crippen molar-refractivity contribution in [2.24, 2.45) is 0 Å². The Morgan fingerprint density at radius 1 is 0.889 bits per heavy atom. The number of ether oxygens (including phenoxy) is 1. The van der Waals surface area contributed by atoms with Crippen molar-refractivity contribution in [3.63, 3.8) is 0 Å². The average Bonchev–Trinajstić information content (AvgIpc) is 3.28. The Labute approximate surface area is 160 Å². The summed E-state index contributed by atoms with van der Waals surface area (Å²) in [5.74, 6) is -0.0280. The van der Waals surface area contributed by atoms with Crippen molar-refractivity contribution in [3.05, 3.63) is 59.7 Å². The van der Waals surface area contributed by atoms with Crippen LogP contribution < -0.4 is 15.1 Å². The minimum absolute atomic E-state index is 0.0280. The molecule has 0 aromatic heterocycles. The molecular weight excluding hydrogens is 338 g/mol. The number of morpholine rings is 1. The summed E-state index contributed by atoms with van der Waals surface area (Å²) in [4.78, 5) is 17.3. The molecule has 2 aromatic rings. The fourth-order valence-electron chi connectivity index (χ4n) is 3.85. The molecule has 1 amide bonds. The molecule has 2 aromatic carbocycles. The standard InChI is InChI=1S/C22H27N3O2/c26-22(18-7-9-20(10-8-18)24-13-15-27-16-14-24)23-17-19-5-1-2-6-21(19)25-11-3-4-12-25/h1-2,5-10H,3-4,11-17H2,(H,23,26). The van der Waals surface area contributed by atoms with Gasteiger partial charge in [0.2, 0.25) is 0 Å². The summed E-state index contributed by atoms with van der Waals surface area (Å²) in [5, 5.41) is 3.08. The number of anilines is 2. The number of rotatable bonds is 5. The van der Waals surface area contributed by atoms with Crippen molar-refractivity contribution in [2.75, 3.05) is 49.2 Å². The Morgan fingerprint density at radius 3 is 2.33 bits per heavy atom. The zero-order valence-corrected chi connectivity index (χ0v) is 15.7. The highest BCUT2D eigenvalue weighted by atomic mass is 16.5. The predicted molar refractivity (Wildman–Crippen MR) is 109 cm³/mol. The van der Waals surface area contributed by atoms with Gasteiger partial charge in [-0.1, -0.05) is 18.2 Å². The molecule has 5 nitrogen and oxygen atoms in total. The van der Waals surface area contributed by atoms with E-state index in [1.165, 1.54) is 24.1 Å². The maximum atomic E-state index is 12.6. The van der Waals surface area contributed by atoms with Gasteiger partial charge < -0.3 is 19.9 Å². The van der Waals surface area contributed by atoms with Crippen LogP contribution in [-0.4, -0.2) is 45.3 Å². The zero-order valence-electron chi connectivity index (χ0n) is 15.7. The summed E-state index contributed by atoms with van der Waals surface area (Å²) < 4.78 is 5.39. The topological polar surface area (TPSA) is 44.8 Å². The molecule has 2 saturated heterocycles. The molecule has 0 spiro atoms. The van der Waals surface area contributed by atoms with Crippen LogP contribution in [0.2, 0.25) is 0 Å². The van der Waals surface area contributed by atoms with Crippen molar-refractivity contribution < 1.29 is 9.53 Å². The molecule has 2 aliphatic rings. The fraction of sp³-hybridized carbons (Fsp3) is 0.409. The minimum Gasteiger partial charge on any atom is -0.378 e. The molecule has 0 radical (unpaired) electrons. The van der Waals surface area contributed by atoms with Gasteiger partial charge in [0.25, 0.3) is 5.91 Å². The van der Waals surface area contributed by atoms with E-state index in [9.17, 15) is 4.79 Å². The van der Waals surface area contributed by atoms with E-state index in [1.807, 2.05) is 30.3 Å². The SMILES string of the molecule is O=C(NCc1ccccc1N1CCCC1)c1ccc(N2CCOCC2)cc1. The highest BCUT2D eigenvalue weighted by molar-refractivity contribution is 5.94. The number of amides is 1. The monoisotopic (exact) mass is 365 g/mol. The van der Waals surface area contributed by atoms with E-state index in [4.69, 9.17) is 4.74 Å². The molecule has 0 unspecified atom stereocenters. The van der Waals surface area contributed by atoms with Crippen molar-refractivity contribution in [1.29, 1.82) is 0 Å². The first kappa shape index (κ1) is 17.9. The van der Waals surface area contributed by atoms with Gasteiger partial charge in [-0.2, -0.15) is 0 Å². The third-order valence-electron chi connectivity index (χ3n) is 5.38. The summed E-state index contributed by atoms with van der Waals surface area (Å²) in [7, 11) is 0. The summed E-state index contributed by atoms with van der Waals surface area (Å²) in [6.07, 6.45) is 2.49. The number of hydrogen-bond donors (Lipinski definition) is 1. The van der Waals surface area contributed by atoms with Gasteiger partial charge in [-0.05, 0) is 48.7 Å². The molecule has 4 rings (SSSR count). The molecular formula is C22H27N3O2. The van der Waals surface area contributed by atoms with E-state index in [1.54, 1.807) is 0 Å². The number of para-hydroxylation sites is 1. The molecule has 0 saturated carbocycles. The molecule has 1 N–H and O–H groups in total. The summed E-state index contributed by atoms with van der Waals surface area (Å²) in [6.45, 7) is 6.09. The van der Waals surface area contributed by atoms with Gasteiger partial charge >= 0.3 is 0 Å². The van der Waals surface area contributed by atoms with Gasteiger partial charge in [0.05, 0.1) is 13.2 Å². The second-order valence-electron chi connectivity index (χ2n) is 7.15. The fourth-order valence-corrected chi connectivity index (χ4v) is 3.85. The van der Waals surface area contributed by atoms with Crippen LogP contribution in [0.5, 0.6) is 0 Å². The first-order valence-corrected chi connectivity index (χ1v) is 9.85. The molecule has 2 fully saturated rings. The van der Waals surface area contributed by atoms with Crippen molar-refractivity contribution in [3.8, 4) is 0 Å². The van der Waals surface area contributed by atoms with E-state index in [-0.39, 0.29) is 5.91 Å². The summed E-state index contributed by atoms with van der Waals surface area (Å²) in [5.41, 5.74) is 4.27. The van der Waals surface area contributed by atoms with E-state index in [0.717, 1.165) is 45.1 Å². The van der Waals surface area contributed by atoms with Crippen LogP contribution >= 0.6 is 0 Å². The molecule has 0 bridgehead atoms. The zero-order chi connectivity index (χ0) is 18.5. The molecule has 0 aliphatic carbocycles. The predicted octanol–water partition coefficient (Wildman–Crippen LogP) is 3.05. The molecule has 27 heavy (non-hydrogen) atoms. The number of carbonyl (C=O) groups is 1. The first-order valence-electron chi connectivity index (χ1n) is 9.85. The van der Waals surface area contributed by atoms with Gasteiger partial charge in [-0.3, -0.25) is 4.79 Å². The number of carbonyl (C=O) groups excluding carboxylic acids is 1. The first-order chi connectivity index (χ1) is 13.3. The number of benzene rings is 2. The van der Waals surface area contributed by atoms with Crippen molar-refractivity contribution in [1.82, 2.24) is 5.32 Å². The summed E-state index contributed by atoms with van der Waals surface area (Å²) >= 11 is 0. The maximum Gasteiger partial charge on any atom is 0.251 e.